The van der Waals surface area contributed by atoms with Crippen LogP contribution in [-0.4, -0.2) is 12.0 Å². The van der Waals surface area contributed by atoms with Crippen LogP contribution in [0.25, 0.3) is 0 Å². The van der Waals surface area contributed by atoms with Gasteiger partial charge in [0.15, 0.2) is 0 Å². The van der Waals surface area contributed by atoms with Gasteiger partial charge in [-0.15, -0.1) is 0 Å². The molecule has 0 saturated carbocycles. The molecule has 2 aromatic rings. The van der Waals surface area contributed by atoms with E-state index < -0.39 is 0 Å². The normalized spacial score (nSPS) is 10.8. The Hall–Kier alpha value is -1.87. The predicted molar refractivity (Wildman–Crippen MR) is 87.2 cm³/mol. The summed E-state index contributed by atoms with van der Waals surface area (Å²) in [6.45, 7) is 11.1. The molecule has 0 saturated heterocycles. The highest BCUT2D eigenvalue weighted by Gasteiger charge is 2.14. The van der Waals surface area contributed by atoms with E-state index in [0.717, 1.165) is 29.1 Å². The van der Waals surface area contributed by atoms with Crippen molar-refractivity contribution in [3.8, 4) is 11.6 Å². The first-order chi connectivity index (χ1) is 9.93. The van der Waals surface area contributed by atoms with Gasteiger partial charge in [0.25, 0.3) is 0 Å². The van der Waals surface area contributed by atoms with Crippen molar-refractivity contribution in [3.05, 3.63) is 51.7 Å². The molecular formula is C18H24N2O. The largest absolute Gasteiger partial charge is 0.438 e. The molecule has 0 bridgehead atoms. The van der Waals surface area contributed by atoms with Gasteiger partial charge in [0.05, 0.1) is 0 Å². The summed E-state index contributed by atoms with van der Waals surface area (Å²) in [5, 5.41) is 3.19. The second-order valence-electron chi connectivity index (χ2n) is 5.65. The minimum Gasteiger partial charge on any atom is -0.438 e. The third-order valence-electron chi connectivity index (χ3n) is 3.86. The molecule has 21 heavy (non-hydrogen) atoms. The lowest BCUT2D eigenvalue weighted by molar-refractivity contribution is 0.445. The van der Waals surface area contributed by atoms with Gasteiger partial charge in [-0.05, 0) is 70.0 Å². The third-order valence-corrected chi connectivity index (χ3v) is 3.86. The lowest BCUT2D eigenvalue weighted by Gasteiger charge is -2.17. The summed E-state index contributed by atoms with van der Waals surface area (Å²) in [5.74, 6) is 1.63. The molecule has 1 heterocycles. The Morgan fingerprint density at radius 2 is 1.67 bits per heavy atom. The summed E-state index contributed by atoms with van der Waals surface area (Å²) in [6, 6.07) is 6.31. The number of rotatable bonds is 4. The van der Waals surface area contributed by atoms with E-state index in [1.165, 1.54) is 16.7 Å². The molecule has 1 N–H and O–H groups in total. The number of aromatic nitrogens is 1. The number of benzene rings is 1. The van der Waals surface area contributed by atoms with Crippen LogP contribution in [0.5, 0.6) is 11.6 Å². The molecule has 0 aliphatic heterocycles. The van der Waals surface area contributed by atoms with E-state index in [2.05, 4.69) is 56.2 Å². The summed E-state index contributed by atoms with van der Waals surface area (Å²) < 4.78 is 6.22. The number of hydrogen-bond acceptors (Lipinski definition) is 3. The highest BCUT2D eigenvalue weighted by atomic mass is 16.5. The molecule has 0 aliphatic carbocycles. The molecule has 3 heteroatoms. The Morgan fingerprint density at radius 1 is 1.00 bits per heavy atom. The number of hydrogen-bond donors (Lipinski definition) is 1. The van der Waals surface area contributed by atoms with E-state index in [1.807, 2.05) is 14.0 Å². The van der Waals surface area contributed by atoms with E-state index in [1.54, 1.807) is 0 Å². The summed E-state index contributed by atoms with van der Waals surface area (Å²) in [6.07, 6.45) is 0. The van der Waals surface area contributed by atoms with Gasteiger partial charge in [0, 0.05) is 17.8 Å². The van der Waals surface area contributed by atoms with Crippen LogP contribution in [0.4, 0.5) is 0 Å². The van der Waals surface area contributed by atoms with Crippen LogP contribution >= 0.6 is 0 Å². The fourth-order valence-corrected chi connectivity index (χ4v) is 2.48. The Balaban J connectivity index is 2.51. The highest BCUT2D eigenvalue weighted by Crippen LogP contribution is 2.32. The van der Waals surface area contributed by atoms with Crippen LogP contribution in [0.1, 0.15) is 33.5 Å². The van der Waals surface area contributed by atoms with Gasteiger partial charge in [0.1, 0.15) is 5.75 Å². The summed E-state index contributed by atoms with van der Waals surface area (Å²) in [7, 11) is 1.94. The zero-order chi connectivity index (χ0) is 15.6. The molecule has 0 radical (unpaired) electrons. The smallest absolute Gasteiger partial charge is 0.224 e. The van der Waals surface area contributed by atoms with Crippen LogP contribution in [0.2, 0.25) is 0 Å². The maximum atomic E-state index is 6.22. The van der Waals surface area contributed by atoms with Crippen LogP contribution in [0.3, 0.4) is 0 Å². The molecule has 1 aromatic heterocycles. The van der Waals surface area contributed by atoms with E-state index >= 15 is 0 Å². The molecule has 0 spiro atoms. The van der Waals surface area contributed by atoms with Crippen molar-refractivity contribution in [1.82, 2.24) is 10.3 Å². The van der Waals surface area contributed by atoms with Gasteiger partial charge in [-0.1, -0.05) is 12.1 Å². The molecule has 1 aromatic carbocycles. The molecule has 3 nitrogen and oxygen atoms in total. The molecule has 0 unspecified atom stereocenters. The van der Waals surface area contributed by atoms with Crippen molar-refractivity contribution in [2.24, 2.45) is 0 Å². The molecule has 0 atom stereocenters. The van der Waals surface area contributed by atoms with E-state index in [0.29, 0.717) is 5.88 Å². The van der Waals surface area contributed by atoms with Crippen molar-refractivity contribution >= 4 is 0 Å². The zero-order valence-corrected chi connectivity index (χ0v) is 13.8. The molecule has 0 amide bonds. The van der Waals surface area contributed by atoms with Crippen LogP contribution in [0, 0.1) is 34.6 Å². The third kappa shape index (κ3) is 3.24. The molecule has 0 aliphatic rings. The Bertz CT molecular complexity index is 663. The van der Waals surface area contributed by atoms with Gasteiger partial charge in [-0.2, -0.15) is 0 Å². The lowest BCUT2D eigenvalue weighted by atomic mass is 10.1. The van der Waals surface area contributed by atoms with Crippen molar-refractivity contribution in [2.75, 3.05) is 7.05 Å². The van der Waals surface area contributed by atoms with Crippen molar-refractivity contribution < 1.29 is 4.74 Å². The maximum absolute atomic E-state index is 6.22. The maximum Gasteiger partial charge on any atom is 0.224 e. The van der Waals surface area contributed by atoms with Crippen LogP contribution in [0.15, 0.2) is 18.2 Å². The lowest BCUT2D eigenvalue weighted by Crippen LogP contribution is -2.10. The van der Waals surface area contributed by atoms with Crippen LogP contribution in [-0.2, 0) is 6.54 Å². The van der Waals surface area contributed by atoms with Crippen molar-refractivity contribution in [2.45, 2.75) is 41.2 Å². The summed E-state index contributed by atoms with van der Waals surface area (Å²) >= 11 is 0. The average molecular weight is 284 g/mol. The van der Waals surface area contributed by atoms with E-state index in [4.69, 9.17) is 4.74 Å². The topological polar surface area (TPSA) is 34.2 Å². The minimum atomic E-state index is 0.707. The van der Waals surface area contributed by atoms with Crippen LogP contribution < -0.4 is 10.1 Å². The van der Waals surface area contributed by atoms with E-state index in [9.17, 15) is 0 Å². The molecule has 112 valence electrons. The first kappa shape index (κ1) is 15.5. The summed E-state index contributed by atoms with van der Waals surface area (Å²) in [4.78, 5) is 4.60. The number of aryl methyl sites for hydroxylation is 4. The van der Waals surface area contributed by atoms with Crippen molar-refractivity contribution in [1.29, 1.82) is 0 Å². The molecule has 2 rings (SSSR count). The molecule has 0 fully saturated rings. The number of nitrogens with zero attached hydrogens (tertiary/aromatic N) is 1. The quantitative estimate of drug-likeness (QED) is 0.916. The van der Waals surface area contributed by atoms with Gasteiger partial charge < -0.3 is 10.1 Å². The average Bonchev–Trinajstić information content (AvgIpc) is 2.43. The van der Waals surface area contributed by atoms with Gasteiger partial charge in [-0.25, -0.2) is 4.98 Å². The fourth-order valence-electron chi connectivity index (χ4n) is 2.48. The monoisotopic (exact) mass is 284 g/mol. The Morgan fingerprint density at radius 3 is 2.33 bits per heavy atom. The Kier molecular flexibility index (Phi) is 4.63. The fraction of sp³-hybridized carbons (Fsp3) is 0.389. The van der Waals surface area contributed by atoms with Gasteiger partial charge in [-0.3, -0.25) is 0 Å². The van der Waals surface area contributed by atoms with Crippen molar-refractivity contribution in [3.63, 3.8) is 0 Å². The number of nitrogens with one attached hydrogen (secondary N) is 1. The summed E-state index contributed by atoms with van der Waals surface area (Å²) in [5.41, 5.74) is 6.83. The number of pyridine rings is 1. The van der Waals surface area contributed by atoms with E-state index in [-0.39, 0.29) is 0 Å². The minimum absolute atomic E-state index is 0.707. The first-order valence-corrected chi connectivity index (χ1v) is 7.30. The molecular weight excluding hydrogens is 260 g/mol. The highest BCUT2D eigenvalue weighted by molar-refractivity contribution is 5.48. The first-order valence-electron chi connectivity index (χ1n) is 7.30. The zero-order valence-electron chi connectivity index (χ0n) is 13.8. The van der Waals surface area contributed by atoms with Gasteiger partial charge in [0.2, 0.25) is 5.88 Å². The standard InChI is InChI=1S/C18H24N2O/c1-11-7-8-12(2)17(15(11)5)21-18-16(10-19-6)13(3)9-14(4)20-18/h7-9,19H,10H2,1-6H3. The van der Waals surface area contributed by atoms with Gasteiger partial charge >= 0.3 is 0 Å². The Labute approximate surface area is 127 Å². The predicted octanol–water partition coefficient (Wildman–Crippen LogP) is 4.14. The SMILES string of the molecule is CNCc1c(C)cc(C)nc1Oc1c(C)ccc(C)c1C. The number of ether oxygens (including phenoxy) is 1. The second-order valence-corrected chi connectivity index (χ2v) is 5.65. The second kappa shape index (κ2) is 6.27.